The number of hydrogen-bond donors (Lipinski definition) is 0. The summed E-state index contributed by atoms with van der Waals surface area (Å²) in [5.41, 5.74) is 2.91. The minimum Gasteiger partial charge on any atom is -0.454 e. The molecule has 0 atom stereocenters. The number of benzene rings is 2. The fourth-order valence-corrected chi connectivity index (χ4v) is 5.18. The van der Waals surface area contributed by atoms with Crippen LogP contribution in [0.25, 0.3) is 27.1 Å². The number of amidine groups is 1. The van der Waals surface area contributed by atoms with Gasteiger partial charge in [-0.15, -0.1) is 17.9 Å². The highest BCUT2D eigenvalue weighted by Crippen LogP contribution is 2.36. The van der Waals surface area contributed by atoms with Crippen LogP contribution in [0.15, 0.2) is 87.6 Å². The SMILES string of the molecule is C=CCN1C(=O)/C(=C/c2ccc(-c3nc4ccccc4s3)o2)SC1=Nc1ccc(C)cc1. The first-order chi connectivity index (χ1) is 15.6. The average Bonchev–Trinajstić information content (AvgIpc) is 3.50. The van der Waals surface area contributed by atoms with E-state index in [2.05, 4.69) is 16.6 Å². The van der Waals surface area contributed by atoms with E-state index in [1.54, 1.807) is 28.4 Å². The number of hydrogen-bond acceptors (Lipinski definition) is 6. The monoisotopic (exact) mass is 457 g/mol. The fourth-order valence-electron chi connectivity index (χ4n) is 3.26. The molecule has 2 aromatic heterocycles. The van der Waals surface area contributed by atoms with E-state index in [1.165, 1.54) is 11.8 Å². The topological polar surface area (TPSA) is 58.7 Å². The van der Waals surface area contributed by atoms with Crippen LogP contribution in [0.1, 0.15) is 11.3 Å². The lowest BCUT2D eigenvalue weighted by Crippen LogP contribution is -2.29. The summed E-state index contributed by atoms with van der Waals surface area (Å²) in [7, 11) is 0. The van der Waals surface area contributed by atoms with Crippen LogP contribution in [0.2, 0.25) is 0 Å². The van der Waals surface area contributed by atoms with Gasteiger partial charge >= 0.3 is 0 Å². The number of thiazole rings is 1. The summed E-state index contributed by atoms with van der Waals surface area (Å²) in [6.07, 6.45) is 3.46. The van der Waals surface area contributed by atoms with Crippen molar-refractivity contribution in [1.29, 1.82) is 0 Å². The number of carbonyl (C=O) groups excluding carboxylic acids is 1. The van der Waals surface area contributed by atoms with E-state index in [4.69, 9.17) is 4.42 Å². The van der Waals surface area contributed by atoms with Gasteiger partial charge in [0.2, 0.25) is 0 Å². The van der Waals surface area contributed by atoms with Gasteiger partial charge < -0.3 is 4.42 Å². The van der Waals surface area contributed by atoms with E-state index in [1.807, 2.05) is 67.6 Å². The van der Waals surface area contributed by atoms with Crippen LogP contribution in [0.5, 0.6) is 0 Å². The van der Waals surface area contributed by atoms with E-state index in [9.17, 15) is 4.79 Å². The average molecular weight is 458 g/mol. The molecule has 1 saturated heterocycles. The molecule has 32 heavy (non-hydrogen) atoms. The lowest BCUT2D eigenvalue weighted by Gasteiger charge is -2.12. The van der Waals surface area contributed by atoms with Crippen molar-refractivity contribution < 1.29 is 9.21 Å². The van der Waals surface area contributed by atoms with Crippen molar-refractivity contribution in [2.75, 3.05) is 6.54 Å². The quantitative estimate of drug-likeness (QED) is 0.248. The normalized spacial score (nSPS) is 16.5. The number of aryl methyl sites for hydroxylation is 1. The molecule has 0 radical (unpaired) electrons. The minimum absolute atomic E-state index is 0.112. The third-order valence-electron chi connectivity index (χ3n) is 4.86. The van der Waals surface area contributed by atoms with Gasteiger partial charge in [-0.3, -0.25) is 9.69 Å². The molecule has 1 aliphatic heterocycles. The number of furan rings is 1. The number of carbonyl (C=O) groups is 1. The summed E-state index contributed by atoms with van der Waals surface area (Å²) in [5.74, 6) is 1.17. The molecule has 0 saturated carbocycles. The highest BCUT2D eigenvalue weighted by molar-refractivity contribution is 8.18. The van der Waals surface area contributed by atoms with Gasteiger partial charge in [0.05, 0.1) is 20.8 Å². The Labute approximate surface area is 193 Å². The van der Waals surface area contributed by atoms with Crippen molar-refractivity contribution in [1.82, 2.24) is 9.88 Å². The van der Waals surface area contributed by atoms with E-state index < -0.39 is 0 Å². The Morgan fingerprint density at radius 1 is 1.12 bits per heavy atom. The van der Waals surface area contributed by atoms with Gasteiger partial charge in [-0.05, 0) is 55.1 Å². The first-order valence-electron chi connectivity index (χ1n) is 10.0. The maximum atomic E-state index is 13.0. The van der Waals surface area contributed by atoms with Crippen molar-refractivity contribution in [3.63, 3.8) is 0 Å². The predicted molar refractivity (Wildman–Crippen MR) is 133 cm³/mol. The molecule has 0 aliphatic carbocycles. The van der Waals surface area contributed by atoms with Crippen LogP contribution in [0.4, 0.5) is 5.69 Å². The molecule has 0 spiro atoms. The second-order valence-electron chi connectivity index (χ2n) is 7.23. The summed E-state index contributed by atoms with van der Waals surface area (Å²) in [6, 6.07) is 19.6. The van der Waals surface area contributed by atoms with E-state index >= 15 is 0 Å². The van der Waals surface area contributed by atoms with Gasteiger partial charge in [-0.1, -0.05) is 35.9 Å². The fraction of sp³-hybridized carbons (Fsp3) is 0.0800. The standard InChI is InChI=1S/C25H19N3O2S2/c1-3-14-28-24(29)22(32-25(28)26-17-10-8-16(2)9-11-17)15-18-12-13-20(30-18)23-27-19-6-4-5-7-21(19)31-23/h3-13,15H,1,14H2,2H3/b22-15-,26-25?. The van der Waals surface area contributed by atoms with Gasteiger partial charge in [-0.2, -0.15) is 0 Å². The minimum atomic E-state index is -0.112. The van der Waals surface area contributed by atoms with Gasteiger partial charge in [0.1, 0.15) is 5.76 Å². The molecule has 1 fully saturated rings. The van der Waals surface area contributed by atoms with Gasteiger partial charge in [0.15, 0.2) is 15.9 Å². The van der Waals surface area contributed by atoms with Crippen LogP contribution in [0, 0.1) is 6.92 Å². The summed E-state index contributed by atoms with van der Waals surface area (Å²) in [4.78, 5) is 24.5. The van der Waals surface area contributed by atoms with Crippen LogP contribution in [-0.2, 0) is 4.79 Å². The zero-order chi connectivity index (χ0) is 22.1. The summed E-state index contributed by atoms with van der Waals surface area (Å²) in [5, 5.41) is 1.44. The molecule has 1 amide bonds. The number of amides is 1. The number of thioether (sulfide) groups is 1. The first kappa shape index (κ1) is 20.5. The molecule has 0 N–H and O–H groups in total. The van der Waals surface area contributed by atoms with Crippen LogP contribution >= 0.6 is 23.1 Å². The van der Waals surface area contributed by atoms with Gasteiger partial charge in [0, 0.05) is 12.6 Å². The first-order valence-corrected chi connectivity index (χ1v) is 11.7. The Bertz CT molecular complexity index is 1350. The summed E-state index contributed by atoms with van der Waals surface area (Å²) < 4.78 is 7.11. The highest BCUT2D eigenvalue weighted by Gasteiger charge is 2.33. The lowest BCUT2D eigenvalue weighted by atomic mass is 10.2. The van der Waals surface area contributed by atoms with Crippen molar-refractivity contribution in [3.05, 3.63) is 89.5 Å². The van der Waals surface area contributed by atoms with Crippen molar-refractivity contribution >= 4 is 56.2 Å². The third-order valence-corrected chi connectivity index (χ3v) is 6.92. The van der Waals surface area contributed by atoms with Crippen molar-refractivity contribution in [3.8, 4) is 10.8 Å². The van der Waals surface area contributed by atoms with E-state index in [0.717, 1.165) is 26.5 Å². The van der Waals surface area contributed by atoms with Crippen molar-refractivity contribution in [2.45, 2.75) is 6.92 Å². The van der Waals surface area contributed by atoms with Crippen molar-refractivity contribution in [2.24, 2.45) is 4.99 Å². The van der Waals surface area contributed by atoms with Crippen LogP contribution in [0.3, 0.4) is 0 Å². The third kappa shape index (κ3) is 4.04. The Kier molecular flexibility index (Phi) is 5.51. The Morgan fingerprint density at radius 2 is 1.94 bits per heavy atom. The largest absolute Gasteiger partial charge is 0.454 e. The summed E-state index contributed by atoms with van der Waals surface area (Å²) >= 11 is 2.92. The molecule has 4 aromatic rings. The number of aromatic nitrogens is 1. The smallest absolute Gasteiger partial charge is 0.267 e. The van der Waals surface area contributed by atoms with Crippen LogP contribution < -0.4 is 0 Å². The Morgan fingerprint density at radius 3 is 2.72 bits per heavy atom. The number of rotatable bonds is 5. The molecular weight excluding hydrogens is 438 g/mol. The number of para-hydroxylation sites is 1. The molecule has 0 bridgehead atoms. The molecule has 5 rings (SSSR count). The lowest BCUT2D eigenvalue weighted by molar-refractivity contribution is -0.121. The molecule has 1 aliphatic rings. The Hall–Kier alpha value is -3.42. The maximum absolute atomic E-state index is 13.0. The predicted octanol–water partition coefficient (Wildman–Crippen LogP) is 6.65. The molecule has 7 heteroatoms. The van der Waals surface area contributed by atoms with Crippen LogP contribution in [-0.4, -0.2) is 27.5 Å². The second kappa shape index (κ2) is 8.61. The molecule has 158 valence electrons. The van der Waals surface area contributed by atoms with E-state index in [-0.39, 0.29) is 5.91 Å². The number of fused-ring (bicyclic) bond motifs is 1. The zero-order valence-electron chi connectivity index (χ0n) is 17.3. The molecule has 5 nitrogen and oxygen atoms in total. The number of aliphatic imine (C=N–C) groups is 1. The van der Waals surface area contributed by atoms with Gasteiger partial charge in [0.25, 0.3) is 5.91 Å². The molecule has 2 aromatic carbocycles. The Balaban J connectivity index is 1.44. The summed E-state index contributed by atoms with van der Waals surface area (Å²) in [6.45, 7) is 6.19. The second-order valence-corrected chi connectivity index (χ2v) is 9.27. The molecular formula is C25H19N3O2S2. The molecule has 0 unspecified atom stereocenters. The zero-order valence-corrected chi connectivity index (χ0v) is 19.0. The maximum Gasteiger partial charge on any atom is 0.267 e. The van der Waals surface area contributed by atoms with Gasteiger partial charge in [-0.25, -0.2) is 9.98 Å². The highest BCUT2D eigenvalue weighted by atomic mass is 32.2. The van der Waals surface area contributed by atoms with E-state index in [0.29, 0.717) is 28.1 Å². The molecule has 3 heterocycles. The number of nitrogens with zero attached hydrogens (tertiary/aromatic N) is 3.